The minimum absolute atomic E-state index is 0.330. The first-order valence-corrected chi connectivity index (χ1v) is 10.3. The van der Waals surface area contributed by atoms with Crippen molar-refractivity contribution in [3.63, 3.8) is 0 Å². The number of hydrogen-bond acceptors (Lipinski definition) is 3. The standard InChI is InChI=1S/C24H26N2O3/c1-14-11-21(29-2)20(18-7-9-25-22(14)18)13-26-10-8-17-12-19(17)23(26)15-3-5-16(6-4-15)24(27)28/h3-7,9,11,17,19,23,25H,8,10,12-13H2,1-2H3,(H,27,28). The molecule has 0 bridgehead atoms. The molecular formula is C24H26N2O3. The van der Waals surface area contributed by atoms with Gasteiger partial charge in [0.05, 0.1) is 12.7 Å². The van der Waals surface area contributed by atoms with E-state index in [9.17, 15) is 9.90 Å². The van der Waals surface area contributed by atoms with Gasteiger partial charge in [0.15, 0.2) is 0 Å². The largest absolute Gasteiger partial charge is 0.496 e. The second kappa shape index (κ2) is 6.92. The Labute approximate surface area is 170 Å². The summed E-state index contributed by atoms with van der Waals surface area (Å²) in [4.78, 5) is 17.2. The normalized spacial score (nSPS) is 23.7. The second-order valence-corrected chi connectivity index (χ2v) is 8.43. The zero-order valence-corrected chi connectivity index (χ0v) is 16.8. The molecule has 1 aliphatic heterocycles. The van der Waals surface area contributed by atoms with E-state index in [1.165, 1.54) is 40.4 Å². The Bertz CT molecular complexity index is 1070. The van der Waals surface area contributed by atoms with Crippen LogP contribution in [0.3, 0.4) is 0 Å². The fourth-order valence-corrected chi connectivity index (χ4v) is 5.17. The van der Waals surface area contributed by atoms with Gasteiger partial charge in [0.1, 0.15) is 5.75 Å². The minimum Gasteiger partial charge on any atom is -0.496 e. The number of piperidine rings is 1. The number of hydrogen-bond donors (Lipinski definition) is 2. The molecule has 1 aromatic heterocycles. The van der Waals surface area contributed by atoms with Crippen LogP contribution in [0, 0.1) is 18.8 Å². The number of nitrogens with zero attached hydrogens (tertiary/aromatic N) is 1. The van der Waals surface area contributed by atoms with Gasteiger partial charge in [-0.15, -0.1) is 0 Å². The SMILES string of the molecule is COc1cc(C)c2[nH]ccc2c1CN1CCC2CC2C1c1ccc(C(=O)O)cc1. The summed E-state index contributed by atoms with van der Waals surface area (Å²) in [5, 5.41) is 10.4. The molecule has 2 N–H and O–H groups in total. The molecule has 0 radical (unpaired) electrons. The van der Waals surface area contributed by atoms with Crippen molar-refractivity contribution in [1.82, 2.24) is 9.88 Å². The molecule has 3 aromatic rings. The van der Waals surface area contributed by atoms with Crippen LogP contribution >= 0.6 is 0 Å². The number of ether oxygens (including phenoxy) is 1. The maximum absolute atomic E-state index is 11.2. The topological polar surface area (TPSA) is 65.6 Å². The molecule has 29 heavy (non-hydrogen) atoms. The third-order valence-corrected chi connectivity index (χ3v) is 6.76. The number of aryl methyl sites for hydroxylation is 1. The first-order chi connectivity index (χ1) is 14.1. The van der Waals surface area contributed by atoms with Gasteiger partial charge in [-0.05, 0) is 73.5 Å². The second-order valence-electron chi connectivity index (χ2n) is 8.43. The zero-order chi connectivity index (χ0) is 20.1. The van der Waals surface area contributed by atoms with Crippen molar-refractivity contribution in [3.8, 4) is 5.75 Å². The van der Waals surface area contributed by atoms with Gasteiger partial charge in [0.2, 0.25) is 0 Å². The number of aromatic amines is 1. The number of carbonyl (C=O) groups is 1. The number of likely N-dealkylation sites (tertiary alicyclic amines) is 1. The van der Waals surface area contributed by atoms with Gasteiger partial charge < -0.3 is 14.8 Å². The van der Waals surface area contributed by atoms with E-state index in [-0.39, 0.29) is 0 Å². The predicted octanol–water partition coefficient (Wildman–Crippen LogP) is 4.77. The van der Waals surface area contributed by atoms with Crippen LogP contribution in [-0.4, -0.2) is 34.6 Å². The van der Waals surface area contributed by atoms with Crippen LogP contribution in [0.25, 0.3) is 10.9 Å². The highest BCUT2D eigenvalue weighted by Gasteiger charge is 2.49. The summed E-state index contributed by atoms with van der Waals surface area (Å²) in [5.74, 6) is 1.54. The summed E-state index contributed by atoms with van der Waals surface area (Å²) in [6, 6.07) is 12.1. The third-order valence-electron chi connectivity index (χ3n) is 6.76. The first-order valence-electron chi connectivity index (χ1n) is 10.3. The fraction of sp³-hybridized carbons (Fsp3) is 0.375. The smallest absolute Gasteiger partial charge is 0.335 e. The maximum Gasteiger partial charge on any atom is 0.335 e. The minimum atomic E-state index is -0.874. The molecule has 150 valence electrons. The number of fused-ring (bicyclic) bond motifs is 2. The first kappa shape index (κ1) is 18.3. The van der Waals surface area contributed by atoms with Crippen LogP contribution in [0.15, 0.2) is 42.6 Å². The summed E-state index contributed by atoms with van der Waals surface area (Å²) in [7, 11) is 1.74. The highest BCUT2D eigenvalue weighted by atomic mass is 16.5. The van der Waals surface area contributed by atoms with Crippen LogP contribution in [0.5, 0.6) is 5.75 Å². The van der Waals surface area contributed by atoms with E-state index in [1.54, 1.807) is 19.2 Å². The van der Waals surface area contributed by atoms with E-state index in [1.807, 2.05) is 18.3 Å². The van der Waals surface area contributed by atoms with Gasteiger partial charge in [0, 0.05) is 35.2 Å². The predicted molar refractivity (Wildman–Crippen MR) is 112 cm³/mol. The summed E-state index contributed by atoms with van der Waals surface area (Å²) in [6.07, 6.45) is 4.50. The number of H-pyrrole nitrogens is 1. The van der Waals surface area contributed by atoms with Crippen molar-refractivity contribution in [3.05, 3.63) is 64.8 Å². The number of methoxy groups -OCH3 is 1. The summed E-state index contributed by atoms with van der Waals surface area (Å²) >= 11 is 0. The molecule has 5 rings (SSSR count). The number of rotatable bonds is 5. The van der Waals surface area contributed by atoms with Crippen molar-refractivity contribution < 1.29 is 14.6 Å². The Morgan fingerprint density at radius 2 is 2.07 bits per heavy atom. The molecule has 5 heteroatoms. The molecule has 2 aromatic carbocycles. The van der Waals surface area contributed by atoms with E-state index in [4.69, 9.17) is 4.74 Å². The van der Waals surface area contributed by atoms with Gasteiger partial charge in [-0.25, -0.2) is 4.79 Å². The molecule has 5 nitrogen and oxygen atoms in total. The van der Waals surface area contributed by atoms with Crippen LogP contribution in [0.2, 0.25) is 0 Å². The van der Waals surface area contributed by atoms with E-state index in [2.05, 4.69) is 28.9 Å². The molecule has 2 fully saturated rings. The average molecular weight is 390 g/mol. The molecule has 0 amide bonds. The van der Waals surface area contributed by atoms with E-state index >= 15 is 0 Å². The van der Waals surface area contributed by atoms with Crippen molar-refractivity contribution in [1.29, 1.82) is 0 Å². The number of benzene rings is 2. The lowest BCUT2D eigenvalue weighted by atomic mass is 9.93. The number of carboxylic acids is 1. The molecule has 3 unspecified atom stereocenters. The molecule has 2 aliphatic rings. The Balaban J connectivity index is 1.51. The van der Waals surface area contributed by atoms with Gasteiger partial charge >= 0.3 is 5.97 Å². The zero-order valence-electron chi connectivity index (χ0n) is 16.8. The van der Waals surface area contributed by atoms with Gasteiger partial charge in [0.25, 0.3) is 0 Å². The van der Waals surface area contributed by atoms with Crippen molar-refractivity contribution in [2.24, 2.45) is 11.8 Å². The van der Waals surface area contributed by atoms with E-state index in [0.29, 0.717) is 17.5 Å². The summed E-state index contributed by atoms with van der Waals surface area (Å²) in [5.41, 5.74) is 5.15. The number of aromatic nitrogens is 1. The molecular weight excluding hydrogens is 364 g/mol. The Kier molecular flexibility index (Phi) is 4.36. The molecule has 1 saturated carbocycles. The fourth-order valence-electron chi connectivity index (χ4n) is 5.17. The lowest BCUT2D eigenvalue weighted by Gasteiger charge is -2.36. The van der Waals surface area contributed by atoms with Crippen molar-refractivity contribution in [2.75, 3.05) is 13.7 Å². The van der Waals surface area contributed by atoms with Crippen LogP contribution in [-0.2, 0) is 6.54 Å². The van der Waals surface area contributed by atoms with Gasteiger partial charge in [-0.3, -0.25) is 4.90 Å². The van der Waals surface area contributed by atoms with Crippen LogP contribution in [0.4, 0.5) is 0 Å². The highest BCUT2D eigenvalue weighted by Crippen LogP contribution is 2.55. The van der Waals surface area contributed by atoms with Crippen molar-refractivity contribution >= 4 is 16.9 Å². The number of aromatic carboxylic acids is 1. The van der Waals surface area contributed by atoms with Gasteiger partial charge in [-0.2, -0.15) is 0 Å². The summed E-state index contributed by atoms with van der Waals surface area (Å²) in [6.45, 7) is 3.98. The average Bonchev–Trinajstić information content (AvgIpc) is 3.34. The lowest BCUT2D eigenvalue weighted by molar-refractivity contribution is 0.0696. The maximum atomic E-state index is 11.2. The van der Waals surface area contributed by atoms with Gasteiger partial charge in [-0.1, -0.05) is 12.1 Å². The summed E-state index contributed by atoms with van der Waals surface area (Å²) < 4.78 is 5.76. The lowest BCUT2D eigenvalue weighted by Crippen LogP contribution is -2.34. The van der Waals surface area contributed by atoms with E-state index in [0.717, 1.165) is 24.8 Å². The molecule has 0 spiro atoms. The van der Waals surface area contributed by atoms with Crippen LogP contribution < -0.4 is 4.74 Å². The van der Waals surface area contributed by atoms with Crippen molar-refractivity contribution in [2.45, 2.75) is 32.4 Å². The number of carboxylic acid groups (broad SMARTS) is 1. The Hall–Kier alpha value is -2.79. The Morgan fingerprint density at radius 3 is 2.79 bits per heavy atom. The Morgan fingerprint density at radius 1 is 1.28 bits per heavy atom. The molecule has 1 aliphatic carbocycles. The number of nitrogens with one attached hydrogen (secondary N) is 1. The third kappa shape index (κ3) is 3.10. The quantitative estimate of drug-likeness (QED) is 0.659. The molecule has 3 atom stereocenters. The van der Waals surface area contributed by atoms with Crippen LogP contribution in [0.1, 0.15) is 45.9 Å². The molecule has 1 saturated heterocycles. The van der Waals surface area contributed by atoms with E-state index < -0.39 is 5.97 Å². The monoisotopic (exact) mass is 390 g/mol. The highest BCUT2D eigenvalue weighted by molar-refractivity contribution is 5.88. The molecule has 2 heterocycles.